The zero-order valence-electron chi connectivity index (χ0n) is 12.5. The molecule has 0 radical (unpaired) electrons. The fourth-order valence-corrected chi connectivity index (χ4v) is 2.98. The average molecular weight is 423 g/mol. The van der Waals surface area contributed by atoms with E-state index in [4.69, 9.17) is 9.84 Å². The summed E-state index contributed by atoms with van der Waals surface area (Å²) in [6.45, 7) is 6.07. The summed E-state index contributed by atoms with van der Waals surface area (Å²) in [5.74, 6) is 0.418. The van der Waals surface area contributed by atoms with Crippen LogP contribution >= 0.6 is 31.9 Å². The quantitative estimate of drug-likeness (QED) is 0.737. The van der Waals surface area contributed by atoms with Crippen molar-refractivity contribution in [1.82, 2.24) is 5.32 Å². The Kier molecular flexibility index (Phi) is 7.16. The number of aliphatic hydroxyl groups excluding tert-OH is 1. The molecule has 0 spiro atoms. The molecule has 0 saturated carbocycles. The number of rotatable bonds is 6. The van der Waals surface area contributed by atoms with Crippen molar-refractivity contribution in [3.8, 4) is 5.75 Å². The van der Waals surface area contributed by atoms with Gasteiger partial charge in [-0.1, -0.05) is 36.7 Å². The normalized spacial score (nSPS) is 12.9. The second-order valence-corrected chi connectivity index (χ2v) is 7.63. The Bertz CT molecular complexity index is 486. The van der Waals surface area contributed by atoms with E-state index in [2.05, 4.69) is 37.2 Å². The molecular formula is C15H21Br2NO3. The van der Waals surface area contributed by atoms with E-state index in [1.54, 1.807) is 6.07 Å². The molecule has 0 aliphatic rings. The molecule has 0 aliphatic heterocycles. The molecule has 0 fully saturated rings. The van der Waals surface area contributed by atoms with Crippen molar-refractivity contribution in [3.05, 3.63) is 27.1 Å². The maximum absolute atomic E-state index is 12.0. The molecule has 0 heterocycles. The van der Waals surface area contributed by atoms with Crippen LogP contribution in [0.3, 0.4) is 0 Å². The van der Waals surface area contributed by atoms with Crippen LogP contribution in [0.15, 0.2) is 27.1 Å². The summed E-state index contributed by atoms with van der Waals surface area (Å²) >= 11 is 6.74. The number of hydrogen-bond donors (Lipinski definition) is 2. The maximum atomic E-state index is 12.0. The standard InChI is InChI=1S/C15H21Br2NO3/c1-15(2,3)13(6-7-19)18-14(20)9-21-12-5-4-10(16)8-11(12)17/h4-5,8,13,19H,6-7,9H2,1-3H3,(H,18,20). The van der Waals surface area contributed by atoms with Gasteiger partial charge in [-0.3, -0.25) is 4.79 Å². The number of halogens is 2. The molecule has 1 aromatic carbocycles. The SMILES string of the molecule is CC(C)(C)C(CCO)NC(=O)COc1ccc(Br)cc1Br. The van der Waals surface area contributed by atoms with Crippen molar-refractivity contribution < 1.29 is 14.6 Å². The van der Waals surface area contributed by atoms with E-state index in [0.717, 1.165) is 8.95 Å². The fraction of sp³-hybridized carbons (Fsp3) is 0.533. The van der Waals surface area contributed by atoms with Gasteiger partial charge in [-0.2, -0.15) is 0 Å². The first-order valence-electron chi connectivity index (χ1n) is 6.72. The molecule has 1 atom stereocenters. The second kappa shape index (κ2) is 8.15. The van der Waals surface area contributed by atoms with Crippen molar-refractivity contribution in [3.63, 3.8) is 0 Å². The van der Waals surface area contributed by atoms with Gasteiger partial charge in [0.05, 0.1) is 4.47 Å². The summed E-state index contributed by atoms with van der Waals surface area (Å²) in [5, 5.41) is 12.0. The first kappa shape index (κ1) is 18.5. The number of ether oxygens (including phenoxy) is 1. The van der Waals surface area contributed by atoms with Crippen molar-refractivity contribution >= 4 is 37.8 Å². The number of carbonyl (C=O) groups excluding carboxylic acids is 1. The minimum absolute atomic E-state index is 0.0430. The number of nitrogens with one attached hydrogen (secondary N) is 1. The summed E-state index contributed by atoms with van der Waals surface area (Å²) in [5.41, 5.74) is -0.114. The Hall–Kier alpha value is -0.590. The second-order valence-electron chi connectivity index (χ2n) is 5.86. The Balaban J connectivity index is 2.57. The summed E-state index contributed by atoms with van der Waals surface area (Å²) in [7, 11) is 0. The molecule has 0 aliphatic carbocycles. The summed E-state index contributed by atoms with van der Waals surface area (Å²) in [6.07, 6.45) is 0.525. The third-order valence-corrected chi connectivity index (χ3v) is 4.16. The van der Waals surface area contributed by atoms with E-state index in [-0.39, 0.29) is 30.6 Å². The van der Waals surface area contributed by atoms with E-state index in [1.165, 1.54) is 0 Å². The van der Waals surface area contributed by atoms with Gasteiger partial charge in [0.25, 0.3) is 5.91 Å². The van der Waals surface area contributed by atoms with Crippen LogP contribution < -0.4 is 10.1 Å². The van der Waals surface area contributed by atoms with E-state index >= 15 is 0 Å². The predicted octanol–water partition coefficient (Wildman–Crippen LogP) is 3.50. The lowest BCUT2D eigenvalue weighted by Crippen LogP contribution is -2.46. The zero-order valence-corrected chi connectivity index (χ0v) is 15.6. The van der Waals surface area contributed by atoms with Crippen molar-refractivity contribution in [2.75, 3.05) is 13.2 Å². The Morgan fingerprint density at radius 1 is 1.38 bits per heavy atom. The molecular weight excluding hydrogens is 402 g/mol. The number of hydrogen-bond acceptors (Lipinski definition) is 3. The van der Waals surface area contributed by atoms with Crippen LogP contribution in [0, 0.1) is 5.41 Å². The van der Waals surface area contributed by atoms with Gasteiger partial charge in [-0.25, -0.2) is 0 Å². The Morgan fingerprint density at radius 3 is 2.57 bits per heavy atom. The van der Waals surface area contributed by atoms with Crippen LogP contribution in [0.1, 0.15) is 27.2 Å². The van der Waals surface area contributed by atoms with Gasteiger partial charge in [0.1, 0.15) is 5.75 Å². The lowest BCUT2D eigenvalue weighted by molar-refractivity contribution is -0.124. The van der Waals surface area contributed by atoms with Gasteiger partial charge >= 0.3 is 0 Å². The number of aliphatic hydroxyl groups is 1. The molecule has 0 saturated heterocycles. The highest BCUT2D eigenvalue weighted by atomic mass is 79.9. The number of carbonyl (C=O) groups is 1. The van der Waals surface area contributed by atoms with Crippen LogP contribution in [0.5, 0.6) is 5.75 Å². The van der Waals surface area contributed by atoms with Crippen molar-refractivity contribution in [2.24, 2.45) is 5.41 Å². The topological polar surface area (TPSA) is 58.6 Å². The summed E-state index contributed by atoms with van der Waals surface area (Å²) < 4.78 is 7.22. The first-order chi connectivity index (χ1) is 9.74. The molecule has 6 heteroatoms. The van der Waals surface area contributed by atoms with Gasteiger partial charge < -0.3 is 15.2 Å². The highest BCUT2D eigenvalue weighted by molar-refractivity contribution is 9.11. The molecule has 118 valence electrons. The predicted molar refractivity (Wildman–Crippen MR) is 90.4 cm³/mol. The molecule has 4 nitrogen and oxygen atoms in total. The van der Waals surface area contributed by atoms with Crippen LogP contribution in [0.4, 0.5) is 0 Å². The van der Waals surface area contributed by atoms with Gasteiger partial charge in [-0.15, -0.1) is 0 Å². The van der Waals surface area contributed by atoms with Gasteiger partial charge in [0.2, 0.25) is 0 Å². The third kappa shape index (κ3) is 6.36. The summed E-state index contributed by atoms with van der Waals surface area (Å²) in [4.78, 5) is 12.0. The molecule has 1 unspecified atom stereocenters. The van der Waals surface area contributed by atoms with Crippen LogP contribution in [0.25, 0.3) is 0 Å². The van der Waals surface area contributed by atoms with Crippen molar-refractivity contribution in [2.45, 2.75) is 33.2 Å². The smallest absolute Gasteiger partial charge is 0.258 e. The van der Waals surface area contributed by atoms with Gasteiger partial charge in [0.15, 0.2) is 6.61 Å². The highest BCUT2D eigenvalue weighted by Crippen LogP contribution is 2.28. The number of amides is 1. The molecule has 21 heavy (non-hydrogen) atoms. The van der Waals surface area contributed by atoms with E-state index in [9.17, 15) is 4.79 Å². The lowest BCUT2D eigenvalue weighted by atomic mass is 9.85. The third-order valence-electron chi connectivity index (χ3n) is 3.05. The van der Waals surface area contributed by atoms with E-state index in [1.807, 2.05) is 32.9 Å². The average Bonchev–Trinajstić information content (AvgIpc) is 2.36. The van der Waals surface area contributed by atoms with Crippen molar-refractivity contribution in [1.29, 1.82) is 0 Å². The zero-order chi connectivity index (χ0) is 16.0. The largest absolute Gasteiger partial charge is 0.483 e. The fourth-order valence-electron chi connectivity index (χ4n) is 1.82. The maximum Gasteiger partial charge on any atom is 0.258 e. The Morgan fingerprint density at radius 2 is 2.05 bits per heavy atom. The molecule has 0 aromatic heterocycles. The molecule has 2 N–H and O–H groups in total. The lowest BCUT2D eigenvalue weighted by Gasteiger charge is -2.31. The molecule has 1 aromatic rings. The van der Waals surface area contributed by atoms with Crippen LogP contribution in [0.2, 0.25) is 0 Å². The minimum atomic E-state index is -0.196. The monoisotopic (exact) mass is 421 g/mol. The van der Waals surface area contributed by atoms with E-state index < -0.39 is 0 Å². The van der Waals surface area contributed by atoms with Crippen LogP contribution in [-0.4, -0.2) is 30.3 Å². The summed E-state index contributed by atoms with van der Waals surface area (Å²) in [6, 6.07) is 5.40. The van der Waals surface area contributed by atoms with Gasteiger partial charge in [-0.05, 0) is 46.0 Å². The van der Waals surface area contributed by atoms with Gasteiger partial charge in [0, 0.05) is 17.1 Å². The van der Waals surface area contributed by atoms with Crippen LogP contribution in [-0.2, 0) is 4.79 Å². The molecule has 1 rings (SSSR count). The number of benzene rings is 1. The minimum Gasteiger partial charge on any atom is -0.483 e. The molecule has 1 amide bonds. The highest BCUT2D eigenvalue weighted by Gasteiger charge is 2.25. The first-order valence-corrected chi connectivity index (χ1v) is 8.30. The Labute approximate surface area is 142 Å². The van der Waals surface area contributed by atoms with E-state index in [0.29, 0.717) is 12.2 Å². The molecule has 0 bridgehead atoms.